The Kier molecular flexibility index (Phi) is 9.47. The molecule has 0 aliphatic rings. The third-order valence-corrected chi connectivity index (χ3v) is 8.47. The molecule has 0 fully saturated rings. The van der Waals surface area contributed by atoms with Crippen LogP contribution in [0.3, 0.4) is 0 Å². The van der Waals surface area contributed by atoms with Gasteiger partial charge in [-0.3, -0.25) is 13.9 Å². The summed E-state index contributed by atoms with van der Waals surface area (Å²) in [6.45, 7) is 2.73. The predicted molar refractivity (Wildman–Crippen MR) is 148 cm³/mol. The van der Waals surface area contributed by atoms with Crippen molar-refractivity contribution in [3.63, 3.8) is 0 Å². The molecule has 0 heterocycles. The first-order valence-corrected chi connectivity index (χ1v) is 13.8. The first-order valence-electron chi connectivity index (χ1n) is 11.2. The highest BCUT2D eigenvalue weighted by Gasteiger charge is 2.33. The van der Waals surface area contributed by atoms with Gasteiger partial charge in [-0.25, -0.2) is 8.42 Å². The van der Waals surface area contributed by atoms with Gasteiger partial charge in [0, 0.05) is 23.6 Å². The van der Waals surface area contributed by atoms with E-state index in [9.17, 15) is 18.0 Å². The molecular formula is C26H26Cl3N3O4S. The van der Waals surface area contributed by atoms with Crippen LogP contribution >= 0.6 is 34.8 Å². The minimum atomic E-state index is -4.26. The molecule has 3 rings (SSSR count). The van der Waals surface area contributed by atoms with Gasteiger partial charge in [-0.1, -0.05) is 70.7 Å². The number of amides is 2. The highest BCUT2D eigenvalue weighted by molar-refractivity contribution is 7.92. The van der Waals surface area contributed by atoms with Crippen LogP contribution in [-0.2, 0) is 26.2 Å². The summed E-state index contributed by atoms with van der Waals surface area (Å²) in [5.41, 5.74) is 1.50. The average molecular weight is 583 g/mol. The summed E-state index contributed by atoms with van der Waals surface area (Å²) in [6.07, 6.45) is 0. The van der Waals surface area contributed by atoms with Crippen molar-refractivity contribution in [2.24, 2.45) is 0 Å². The normalized spacial score (nSPS) is 12.1. The Labute approximate surface area is 232 Å². The fourth-order valence-electron chi connectivity index (χ4n) is 3.63. The van der Waals surface area contributed by atoms with Crippen LogP contribution in [0, 0.1) is 6.92 Å². The SMILES string of the molecule is CNC(=O)[C@@H](C)N(Cc1ccccc1Cl)C(=O)CN(c1cc(Cl)ccc1Cl)S(=O)(=O)c1ccc(C)cc1. The van der Waals surface area contributed by atoms with Gasteiger partial charge >= 0.3 is 0 Å². The van der Waals surface area contributed by atoms with Crippen LogP contribution in [0.15, 0.2) is 71.6 Å². The Hall–Kier alpha value is -2.78. The van der Waals surface area contributed by atoms with Crippen LogP contribution in [0.2, 0.25) is 15.1 Å². The molecule has 0 bridgehead atoms. The van der Waals surface area contributed by atoms with Crippen LogP contribution in [0.5, 0.6) is 0 Å². The minimum absolute atomic E-state index is 0.0191. The third-order valence-electron chi connectivity index (χ3n) is 5.78. The average Bonchev–Trinajstić information content (AvgIpc) is 2.87. The first kappa shape index (κ1) is 28.8. The van der Waals surface area contributed by atoms with Crippen LogP contribution in [-0.4, -0.2) is 44.8 Å². The topological polar surface area (TPSA) is 86.8 Å². The number of halogens is 3. The lowest BCUT2D eigenvalue weighted by atomic mass is 10.1. The summed E-state index contributed by atoms with van der Waals surface area (Å²) in [6, 6.07) is 16.6. The highest BCUT2D eigenvalue weighted by atomic mass is 35.5. The summed E-state index contributed by atoms with van der Waals surface area (Å²) in [5.74, 6) is -1.06. The third kappa shape index (κ3) is 6.76. The molecule has 0 spiro atoms. The maximum atomic E-state index is 13.8. The molecule has 0 radical (unpaired) electrons. The predicted octanol–water partition coefficient (Wildman–Crippen LogP) is 5.31. The van der Waals surface area contributed by atoms with Crippen LogP contribution in [0.4, 0.5) is 5.69 Å². The van der Waals surface area contributed by atoms with Crippen LogP contribution in [0.25, 0.3) is 0 Å². The van der Waals surface area contributed by atoms with Crippen molar-refractivity contribution >= 4 is 62.3 Å². The summed E-state index contributed by atoms with van der Waals surface area (Å²) in [7, 11) is -2.80. The van der Waals surface area contributed by atoms with Crippen molar-refractivity contribution in [2.75, 3.05) is 17.9 Å². The molecule has 196 valence electrons. The van der Waals surface area contributed by atoms with Gasteiger partial charge in [0.2, 0.25) is 11.8 Å². The zero-order chi connectivity index (χ0) is 27.3. The van der Waals surface area contributed by atoms with Gasteiger partial charge in [0.1, 0.15) is 12.6 Å². The van der Waals surface area contributed by atoms with Crippen LogP contribution in [0.1, 0.15) is 18.1 Å². The number of anilines is 1. The monoisotopic (exact) mass is 581 g/mol. The molecule has 37 heavy (non-hydrogen) atoms. The summed E-state index contributed by atoms with van der Waals surface area (Å²) in [5, 5.41) is 3.26. The first-order chi connectivity index (χ1) is 17.4. The lowest BCUT2D eigenvalue weighted by molar-refractivity contribution is -0.139. The molecular weight excluding hydrogens is 557 g/mol. The zero-order valence-electron chi connectivity index (χ0n) is 20.4. The number of aryl methyl sites for hydroxylation is 1. The lowest BCUT2D eigenvalue weighted by Crippen LogP contribution is -2.50. The van der Waals surface area contributed by atoms with Gasteiger partial charge < -0.3 is 10.2 Å². The molecule has 1 atom stereocenters. The maximum Gasteiger partial charge on any atom is 0.264 e. The van der Waals surface area contributed by atoms with E-state index in [1.807, 2.05) is 6.92 Å². The quantitative estimate of drug-likeness (QED) is 0.370. The van der Waals surface area contributed by atoms with E-state index in [0.29, 0.717) is 10.6 Å². The van der Waals surface area contributed by atoms with E-state index in [4.69, 9.17) is 34.8 Å². The van der Waals surface area contributed by atoms with Gasteiger partial charge in [0.15, 0.2) is 0 Å². The van der Waals surface area contributed by atoms with Crippen molar-refractivity contribution in [2.45, 2.75) is 31.3 Å². The Morgan fingerprint density at radius 1 is 0.946 bits per heavy atom. The highest BCUT2D eigenvalue weighted by Crippen LogP contribution is 2.33. The molecule has 11 heteroatoms. The minimum Gasteiger partial charge on any atom is -0.357 e. The molecule has 0 unspecified atom stereocenters. The number of likely N-dealkylation sites (N-methyl/N-ethyl adjacent to an activating group) is 1. The van der Waals surface area contributed by atoms with Crippen LogP contribution < -0.4 is 9.62 Å². The number of carbonyl (C=O) groups is 2. The maximum absolute atomic E-state index is 13.8. The van der Waals surface area contributed by atoms with Crippen molar-refractivity contribution in [1.29, 1.82) is 0 Å². The second-order valence-corrected chi connectivity index (χ2v) is 11.4. The van der Waals surface area contributed by atoms with Crippen molar-refractivity contribution in [3.05, 3.63) is 92.9 Å². The van der Waals surface area contributed by atoms with Crippen molar-refractivity contribution < 1.29 is 18.0 Å². The summed E-state index contributed by atoms with van der Waals surface area (Å²) in [4.78, 5) is 27.5. The molecule has 0 aliphatic heterocycles. The van der Waals surface area contributed by atoms with Gasteiger partial charge in [-0.15, -0.1) is 0 Å². The number of hydrogen-bond acceptors (Lipinski definition) is 4. The molecule has 0 aliphatic carbocycles. The van der Waals surface area contributed by atoms with Gasteiger partial charge in [0.25, 0.3) is 10.0 Å². The largest absolute Gasteiger partial charge is 0.357 e. The second-order valence-electron chi connectivity index (χ2n) is 8.32. The van der Waals surface area contributed by atoms with E-state index in [2.05, 4.69) is 5.32 Å². The molecule has 7 nitrogen and oxygen atoms in total. The number of hydrogen-bond donors (Lipinski definition) is 1. The standard InChI is InChI=1S/C26H26Cl3N3O4S/c1-17-8-11-21(12-9-17)37(35,36)32(24-14-20(27)10-13-23(24)29)16-25(33)31(18(2)26(34)30-3)15-19-6-4-5-7-22(19)28/h4-14,18H,15-16H2,1-3H3,(H,30,34)/t18-/m1/s1. The fourth-order valence-corrected chi connectivity index (χ4v) is 5.69. The molecule has 3 aromatic carbocycles. The van der Waals surface area contributed by atoms with E-state index in [-0.39, 0.29) is 27.2 Å². The Morgan fingerprint density at radius 2 is 1.59 bits per heavy atom. The summed E-state index contributed by atoms with van der Waals surface area (Å²) >= 11 is 18.9. The van der Waals surface area contributed by atoms with E-state index in [1.54, 1.807) is 43.3 Å². The number of sulfonamides is 1. The van der Waals surface area contributed by atoms with Gasteiger partial charge in [-0.2, -0.15) is 0 Å². The molecule has 3 aromatic rings. The number of rotatable bonds is 9. The second kappa shape index (κ2) is 12.2. The molecule has 0 saturated carbocycles. The lowest BCUT2D eigenvalue weighted by Gasteiger charge is -2.32. The summed E-state index contributed by atoms with van der Waals surface area (Å²) < 4.78 is 28.5. The Bertz CT molecular complexity index is 1400. The molecule has 1 N–H and O–H groups in total. The molecule has 0 aromatic heterocycles. The Balaban J connectivity index is 2.09. The van der Waals surface area contributed by atoms with Crippen molar-refractivity contribution in [1.82, 2.24) is 10.2 Å². The molecule has 0 saturated heterocycles. The molecule has 2 amide bonds. The number of carbonyl (C=O) groups excluding carboxylic acids is 2. The Morgan fingerprint density at radius 3 is 2.22 bits per heavy atom. The number of nitrogens with one attached hydrogen (secondary N) is 1. The van der Waals surface area contributed by atoms with E-state index >= 15 is 0 Å². The van der Waals surface area contributed by atoms with Gasteiger partial charge in [-0.05, 0) is 55.8 Å². The van der Waals surface area contributed by atoms with Gasteiger partial charge in [0.05, 0.1) is 15.6 Å². The van der Waals surface area contributed by atoms with E-state index in [0.717, 1.165) is 9.87 Å². The number of benzene rings is 3. The zero-order valence-corrected chi connectivity index (χ0v) is 23.5. The van der Waals surface area contributed by atoms with Crippen molar-refractivity contribution in [3.8, 4) is 0 Å². The van der Waals surface area contributed by atoms with E-state index < -0.39 is 34.4 Å². The fraction of sp³-hybridized carbons (Fsp3) is 0.231. The number of nitrogens with zero attached hydrogens (tertiary/aromatic N) is 2. The smallest absolute Gasteiger partial charge is 0.264 e. The van der Waals surface area contributed by atoms with E-state index in [1.165, 1.54) is 42.3 Å².